The number of likely N-dealkylation sites (tertiary alicyclic amines) is 1. The van der Waals surface area contributed by atoms with Crippen molar-refractivity contribution >= 4 is 22.5 Å². The van der Waals surface area contributed by atoms with Crippen molar-refractivity contribution in [3.8, 4) is 0 Å². The van der Waals surface area contributed by atoms with Gasteiger partial charge in [0.2, 0.25) is 5.91 Å². The van der Waals surface area contributed by atoms with Crippen LogP contribution in [-0.4, -0.2) is 61.2 Å². The van der Waals surface area contributed by atoms with Gasteiger partial charge in [0, 0.05) is 74.8 Å². The Morgan fingerprint density at radius 3 is 2.61 bits per heavy atom. The van der Waals surface area contributed by atoms with Crippen molar-refractivity contribution in [3.63, 3.8) is 0 Å². The molecule has 2 aliphatic rings. The molecule has 1 amide bonds. The molecule has 0 radical (unpaired) electrons. The lowest BCUT2D eigenvalue weighted by Gasteiger charge is -2.34. The molecule has 0 spiro atoms. The van der Waals surface area contributed by atoms with Gasteiger partial charge in [0.15, 0.2) is 0 Å². The van der Waals surface area contributed by atoms with Crippen LogP contribution in [0.2, 0.25) is 0 Å². The van der Waals surface area contributed by atoms with E-state index in [9.17, 15) is 4.79 Å². The highest BCUT2D eigenvalue weighted by Crippen LogP contribution is 2.30. The van der Waals surface area contributed by atoms with Crippen LogP contribution in [0.1, 0.15) is 40.4 Å². The lowest BCUT2D eigenvalue weighted by molar-refractivity contribution is 0.100. The summed E-state index contributed by atoms with van der Waals surface area (Å²) in [5, 5.41) is 4.63. The van der Waals surface area contributed by atoms with Gasteiger partial charge in [-0.3, -0.25) is 4.79 Å². The summed E-state index contributed by atoms with van der Waals surface area (Å²) in [5.41, 5.74) is 11.6. The topological polar surface area (TPSA) is 66.5 Å². The second-order valence-corrected chi connectivity index (χ2v) is 9.49. The maximum atomic E-state index is 11.6. The predicted octanol–water partition coefficient (Wildman–Crippen LogP) is 3.34. The summed E-state index contributed by atoms with van der Waals surface area (Å²) >= 11 is 0. The number of rotatable bonds is 6. The predicted molar refractivity (Wildman–Crippen MR) is 135 cm³/mol. The molecule has 2 saturated heterocycles. The van der Waals surface area contributed by atoms with Crippen LogP contribution in [0.25, 0.3) is 10.9 Å². The normalized spacial score (nSPS) is 18.2. The number of nitrogens with two attached hydrogens (primary N) is 1. The Morgan fingerprint density at radius 2 is 1.85 bits per heavy atom. The minimum atomic E-state index is -0.365. The Hall–Kier alpha value is -2.83. The van der Waals surface area contributed by atoms with E-state index in [1.807, 2.05) is 18.2 Å². The minimum Gasteiger partial charge on any atom is -0.369 e. The second kappa shape index (κ2) is 9.57. The third-order valence-corrected chi connectivity index (χ3v) is 7.48. The van der Waals surface area contributed by atoms with E-state index in [0.29, 0.717) is 11.6 Å². The number of fused-ring (bicyclic) bond motifs is 1. The molecule has 2 aromatic carbocycles. The van der Waals surface area contributed by atoms with Gasteiger partial charge in [-0.25, -0.2) is 0 Å². The summed E-state index contributed by atoms with van der Waals surface area (Å²) < 4.78 is 2.35. The number of aromatic nitrogens is 1. The van der Waals surface area contributed by atoms with Crippen LogP contribution in [-0.2, 0) is 6.42 Å². The highest BCUT2D eigenvalue weighted by atomic mass is 16.1. The molecule has 0 unspecified atom stereocenters. The van der Waals surface area contributed by atoms with Gasteiger partial charge in [0.1, 0.15) is 0 Å². The highest BCUT2D eigenvalue weighted by molar-refractivity contribution is 5.97. The molecule has 6 nitrogen and oxygen atoms in total. The summed E-state index contributed by atoms with van der Waals surface area (Å²) in [4.78, 5) is 16.8. The average Bonchev–Trinajstić information content (AvgIpc) is 3.27. The van der Waals surface area contributed by atoms with Crippen molar-refractivity contribution in [2.24, 2.45) is 5.73 Å². The molecule has 1 aromatic heterocycles. The summed E-state index contributed by atoms with van der Waals surface area (Å²) in [6.45, 7) is 9.88. The number of carbonyl (C=O) groups is 1. The van der Waals surface area contributed by atoms with Gasteiger partial charge in [0.25, 0.3) is 0 Å². The zero-order valence-corrected chi connectivity index (χ0v) is 19.6. The van der Waals surface area contributed by atoms with Crippen molar-refractivity contribution in [2.45, 2.75) is 32.2 Å². The maximum absolute atomic E-state index is 11.6. The summed E-state index contributed by atoms with van der Waals surface area (Å²) in [6.07, 6.45) is 5.53. The number of amides is 1. The van der Waals surface area contributed by atoms with E-state index < -0.39 is 0 Å². The zero-order chi connectivity index (χ0) is 22.8. The second-order valence-electron chi connectivity index (χ2n) is 9.49. The summed E-state index contributed by atoms with van der Waals surface area (Å²) in [7, 11) is 0. The number of piperazine rings is 1. The lowest BCUT2D eigenvalue weighted by Crippen LogP contribution is -2.44. The average molecular weight is 446 g/mol. The Kier molecular flexibility index (Phi) is 6.38. The number of aryl methyl sites for hydroxylation is 1. The molecule has 0 aliphatic carbocycles. The first kappa shape index (κ1) is 22.0. The smallest absolute Gasteiger partial charge is 0.248 e. The standard InChI is InChI=1S/C27H35N5O/c1-20-3-2-4-25(31-17-11-29-12-18-31)24(20)10-15-30-13-8-23(9-14-30)32-16-7-21-5-6-22(27(28)33)19-26(21)32/h2-7,16,19,23,29H,8-15,17-18H2,1H3,(H2,28,33). The number of nitrogens with zero attached hydrogens (tertiary/aromatic N) is 3. The molecule has 174 valence electrons. The molecule has 0 saturated carbocycles. The van der Waals surface area contributed by atoms with Crippen LogP contribution in [0.15, 0.2) is 48.7 Å². The molecule has 0 atom stereocenters. The molecule has 3 heterocycles. The summed E-state index contributed by atoms with van der Waals surface area (Å²) in [5.74, 6) is -0.365. The highest BCUT2D eigenvalue weighted by Gasteiger charge is 2.22. The first-order valence-corrected chi connectivity index (χ1v) is 12.3. The third-order valence-electron chi connectivity index (χ3n) is 7.48. The number of hydrogen-bond donors (Lipinski definition) is 2. The number of nitrogens with one attached hydrogen (secondary N) is 1. The van der Waals surface area contributed by atoms with E-state index in [0.717, 1.165) is 70.6 Å². The first-order valence-electron chi connectivity index (χ1n) is 12.3. The quantitative estimate of drug-likeness (QED) is 0.611. The molecule has 33 heavy (non-hydrogen) atoms. The maximum Gasteiger partial charge on any atom is 0.248 e. The van der Waals surface area contributed by atoms with Crippen molar-refractivity contribution < 1.29 is 4.79 Å². The van der Waals surface area contributed by atoms with Gasteiger partial charge < -0.3 is 25.4 Å². The number of piperidine rings is 1. The fourth-order valence-corrected chi connectivity index (χ4v) is 5.53. The van der Waals surface area contributed by atoms with Crippen LogP contribution < -0.4 is 16.0 Å². The minimum absolute atomic E-state index is 0.365. The van der Waals surface area contributed by atoms with E-state index in [1.165, 1.54) is 22.2 Å². The molecule has 0 bridgehead atoms. The third kappa shape index (κ3) is 4.63. The first-order chi connectivity index (χ1) is 16.1. The van der Waals surface area contributed by atoms with Crippen LogP contribution in [0.5, 0.6) is 0 Å². The van der Waals surface area contributed by atoms with E-state index in [2.05, 4.69) is 57.1 Å². The van der Waals surface area contributed by atoms with E-state index in [-0.39, 0.29) is 5.91 Å². The Balaban J connectivity index is 1.23. The molecular weight excluding hydrogens is 410 g/mol. The van der Waals surface area contributed by atoms with Gasteiger partial charge in [-0.15, -0.1) is 0 Å². The van der Waals surface area contributed by atoms with Crippen LogP contribution in [0.3, 0.4) is 0 Å². The molecule has 6 heteroatoms. The zero-order valence-electron chi connectivity index (χ0n) is 19.6. The van der Waals surface area contributed by atoms with Crippen molar-refractivity contribution in [3.05, 3.63) is 65.4 Å². The van der Waals surface area contributed by atoms with Crippen LogP contribution >= 0.6 is 0 Å². The van der Waals surface area contributed by atoms with Gasteiger partial charge in [0.05, 0.1) is 0 Å². The van der Waals surface area contributed by atoms with E-state index in [4.69, 9.17) is 5.73 Å². The van der Waals surface area contributed by atoms with Crippen LogP contribution in [0.4, 0.5) is 5.69 Å². The molecule has 5 rings (SSSR count). The molecule has 2 fully saturated rings. The van der Waals surface area contributed by atoms with E-state index in [1.54, 1.807) is 0 Å². The Labute approximate surface area is 196 Å². The Bertz CT molecular complexity index is 1120. The lowest BCUT2D eigenvalue weighted by atomic mass is 10.00. The fourth-order valence-electron chi connectivity index (χ4n) is 5.53. The number of anilines is 1. The fraction of sp³-hybridized carbons (Fsp3) is 0.444. The van der Waals surface area contributed by atoms with Crippen molar-refractivity contribution in [1.29, 1.82) is 0 Å². The number of carbonyl (C=O) groups excluding carboxylic acids is 1. The van der Waals surface area contributed by atoms with E-state index >= 15 is 0 Å². The Morgan fingerprint density at radius 1 is 1.06 bits per heavy atom. The number of hydrogen-bond acceptors (Lipinski definition) is 4. The van der Waals surface area contributed by atoms with Crippen molar-refractivity contribution in [2.75, 3.05) is 50.7 Å². The molecule has 2 aliphatic heterocycles. The summed E-state index contributed by atoms with van der Waals surface area (Å²) in [6, 6.07) is 15.1. The van der Waals surface area contributed by atoms with Crippen molar-refractivity contribution in [1.82, 2.24) is 14.8 Å². The van der Waals surface area contributed by atoms with Gasteiger partial charge in [-0.1, -0.05) is 18.2 Å². The molecular formula is C27H35N5O. The SMILES string of the molecule is Cc1cccc(N2CCNCC2)c1CCN1CCC(n2ccc3ccc(C(N)=O)cc32)CC1. The number of primary amides is 1. The molecule has 3 aromatic rings. The van der Waals surface area contributed by atoms with Crippen LogP contribution in [0, 0.1) is 6.92 Å². The van der Waals surface area contributed by atoms with Gasteiger partial charge in [-0.2, -0.15) is 0 Å². The monoisotopic (exact) mass is 445 g/mol. The van der Waals surface area contributed by atoms with Gasteiger partial charge in [-0.05, 0) is 67.0 Å². The largest absolute Gasteiger partial charge is 0.369 e. The van der Waals surface area contributed by atoms with Gasteiger partial charge >= 0.3 is 0 Å². The molecule has 3 N–H and O–H groups in total. The number of benzene rings is 2.